The number of pyridine rings is 2. The van der Waals surface area contributed by atoms with Gasteiger partial charge in [0, 0.05) is 50.8 Å². The second-order valence-corrected chi connectivity index (χ2v) is 9.47. The molecule has 1 aliphatic rings. The van der Waals surface area contributed by atoms with Crippen molar-refractivity contribution in [2.24, 2.45) is 0 Å². The standard InChI is InChI=1S/C21H25N5O6S/c1-32-21(29)17(11-15-5-3-7-22-12-15)24-19(27)18-14-25(9-10-26(18)33(2,30)31)20(28)16-6-4-8-23-13-16/h3-8,12-13,17-18H,9-11,14H2,1-2H3,(H,24,27). The van der Waals surface area contributed by atoms with E-state index in [-0.39, 0.29) is 32.0 Å². The molecule has 33 heavy (non-hydrogen) atoms. The van der Waals surface area contributed by atoms with Gasteiger partial charge in [-0.2, -0.15) is 4.31 Å². The fourth-order valence-corrected chi connectivity index (χ4v) is 4.63. The number of nitrogens with one attached hydrogen (secondary N) is 1. The average molecular weight is 476 g/mol. The van der Waals surface area contributed by atoms with E-state index in [2.05, 4.69) is 15.3 Å². The number of nitrogens with zero attached hydrogens (tertiary/aromatic N) is 4. The molecule has 0 aliphatic carbocycles. The molecule has 0 bridgehead atoms. The zero-order chi connectivity index (χ0) is 24.0. The van der Waals surface area contributed by atoms with Crippen LogP contribution in [-0.2, 0) is 30.8 Å². The molecule has 3 rings (SSSR count). The normalized spacial score (nSPS) is 17.8. The molecule has 0 radical (unpaired) electrons. The minimum absolute atomic E-state index is 0.0611. The van der Waals surface area contributed by atoms with Gasteiger partial charge in [0.05, 0.1) is 18.9 Å². The third kappa shape index (κ3) is 6.11. The molecule has 0 spiro atoms. The van der Waals surface area contributed by atoms with Gasteiger partial charge in [0.15, 0.2) is 0 Å². The van der Waals surface area contributed by atoms with Crippen LogP contribution in [0.15, 0.2) is 49.1 Å². The van der Waals surface area contributed by atoms with Crippen molar-refractivity contribution in [3.8, 4) is 0 Å². The number of amides is 2. The Balaban J connectivity index is 1.82. The van der Waals surface area contributed by atoms with Crippen LogP contribution in [0, 0.1) is 0 Å². The van der Waals surface area contributed by atoms with Gasteiger partial charge in [-0.25, -0.2) is 13.2 Å². The van der Waals surface area contributed by atoms with Crippen molar-refractivity contribution in [3.63, 3.8) is 0 Å². The lowest BCUT2D eigenvalue weighted by Gasteiger charge is -2.39. The number of methoxy groups -OCH3 is 1. The Morgan fingerprint density at radius 2 is 1.85 bits per heavy atom. The highest BCUT2D eigenvalue weighted by molar-refractivity contribution is 7.88. The molecule has 11 nitrogen and oxygen atoms in total. The number of esters is 1. The third-order valence-corrected chi connectivity index (χ3v) is 6.51. The molecule has 1 N–H and O–H groups in total. The zero-order valence-corrected chi connectivity index (χ0v) is 19.1. The first kappa shape index (κ1) is 24.3. The monoisotopic (exact) mass is 475 g/mol. The van der Waals surface area contributed by atoms with Crippen LogP contribution in [0.1, 0.15) is 15.9 Å². The molecule has 1 saturated heterocycles. The van der Waals surface area contributed by atoms with Crippen molar-refractivity contribution in [1.82, 2.24) is 24.5 Å². The molecule has 2 atom stereocenters. The lowest BCUT2D eigenvalue weighted by molar-refractivity contribution is -0.145. The summed E-state index contributed by atoms with van der Waals surface area (Å²) in [6.45, 7) is -0.122. The predicted molar refractivity (Wildman–Crippen MR) is 117 cm³/mol. The summed E-state index contributed by atoms with van der Waals surface area (Å²) in [7, 11) is -2.56. The highest BCUT2D eigenvalue weighted by atomic mass is 32.2. The van der Waals surface area contributed by atoms with E-state index in [4.69, 9.17) is 4.74 Å². The van der Waals surface area contributed by atoms with Gasteiger partial charge in [-0.15, -0.1) is 0 Å². The van der Waals surface area contributed by atoms with Gasteiger partial charge >= 0.3 is 5.97 Å². The summed E-state index contributed by atoms with van der Waals surface area (Å²) in [5, 5.41) is 2.59. The predicted octanol–water partition coefficient (Wildman–Crippen LogP) is -0.537. The van der Waals surface area contributed by atoms with Crippen LogP contribution in [0.3, 0.4) is 0 Å². The first-order chi connectivity index (χ1) is 15.7. The molecule has 3 heterocycles. The largest absolute Gasteiger partial charge is 0.467 e. The third-order valence-electron chi connectivity index (χ3n) is 5.22. The van der Waals surface area contributed by atoms with Gasteiger partial charge < -0.3 is 15.0 Å². The quantitative estimate of drug-likeness (QED) is 0.527. The Hall–Kier alpha value is -3.38. The summed E-state index contributed by atoms with van der Waals surface area (Å²) in [4.78, 5) is 47.7. The van der Waals surface area contributed by atoms with Crippen LogP contribution in [0.25, 0.3) is 0 Å². The van der Waals surface area contributed by atoms with Crippen molar-refractivity contribution in [1.29, 1.82) is 0 Å². The van der Waals surface area contributed by atoms with Crippen LogP contribution >= 0.6 is 0 Å². The molecule has 2 aromatic rings. The van der Waals surface area contributed by atoms with Crippen molar-refractivity contribution >= 4 is 27.8 Å². The van der Waals surface area contributed by atoms with Crippen molar-refractivity contribution in [2.75, 3.05) is 33.0 Å². The Labute approximate surface area is 191 Å². The summed E-state index contributed by atoms with van der Waals surface area (Å²) >= 11 is 0. The van der Waals surface area contributed by atoms with E-state index in [1.165, 1.54) is 24.4 Å². The fraction of sp³-hybridized carbons (Fsp3) is 0.381. The number of hydrogen-bond donors (Lipinski definition) is 1. The van der Waals surface area contributed by atoms with Crippen LogP contribution in [0.2, 0.25) is 0 Å². The first-order valence-corrected chi connectivity index (χ1v) is 12.0. The fourth-order valence-electron chi connectivity index (χ4n) is 3.59. The molecule has 176 valence electrons. The van der Waals surface area contributed by atoms with E-state index < -0.39 is 34.0 Å². The highest BCUT2D eigenvalue weighted by Gasteiger charge is 2.40. The number of aromatic nitrogens is 2. The number of hydrogen-bond acceptors (Lipinski definition) is 8. The maximum absolute atomic E-state index is 13.2. The first-order valence-electron chi connectivity index (χ1n) is 10.1. The van der Waals surface area contributed by atoms with Gasteiger partial charge in [-0.3, -0.25) is 19.6 Å². The second kappa shape index (κ2) is 10.5. The van der Waals surface area contributed by atoms with Crippen molar-refractivity contribution in [3.05, 3.63) is 60.2 Å². The molecule has 1 aliphatic heterocycles. The van der Waals surface area contributed by atoms with Crippen LogP contribution < -0.4 is 5.32 Å². The maximum Gasteiger partial charge on any atom is 0.328 e. The average Bonchev–Trinajstić information content (AvgIpc) is 2.82. The number of carbonyl (C=O) groups excluding carboxylic acids is 3. The molecule has 0 aromatic carbocycles. The molecular weight excluding hydrogens is 450 g/mol. The smallest absolute Gasteiger partial charge is 0.328 e. The summed E-state index contributed by atoms with van der Waals surface area (Å²) in [6.07, 6.45) is 7.18. The lowest BCUT2D eigenvalue weighted by atomic mass is 10.1. The zero-order valence-electron chi connectivity index (χ0n) is 18.2. The van der Waals surface area contributed by atoms with Crippen molar-refractivity contribution < 1.29 is 27.5 Å². The van der Waals surface area contributed by atoms with E-state index in [0.717, 1.165) is 10.6 Å². The Bertz CT molecular complexity index is 1100. The summed E-state index contributed by atoms with van der Waals surface area (Å²) in [6, 6.07) is 4.37. The Morgan fingerprint density at radius 1 is 1.15 bits per heavy atom. The van der Waals surface area contributed by atoms with E-state index in [9.17, 15) is 22.8 Å². The number of ether oxygens (including phenoxy) is 1. The van der Waals surface area contributed by atoms with Crippen LogP contribution in [-0.4, -0.2) is 90.5 Å². The van der Waals surface area contributed by atoms with E-state index in [0.29, 0.717) is 11.1 Å². The van der Waals surface area contributed by atoms with Crippen LogP contribution in [0.4, 0.5) is 0 Å². The minimum atomic E-state index is -3.76. The molecule has 2 unspecified atom stereocenters. The summed E-state index contributed by atoms with van der Waals surface area (Å²) in [5.74, 6) is -1.76. The van der Waals surface area contributed by atoms with E-state index in [1.807, 2.05) is 0 Å². The van der Waals surface area contributed by atoms with Crippen molar-refractivity contribution in [2.45, 2.75) is 18.5 Å². The van der Waals surface area contributed by atoms with Gasteiger partial charge in [-0.1, -0.05) is 6.07 Å². The van der Waals surface area contributed by atoms with Gasteiger partial charge in [-0.05, 0) is 23.8 Å². The number of carbonyl (C=O) groups is 3. The van der Waals surface area contributed by atoms with Gasteiger partial charge in [0.25, 0.3) is 5.91 Å². The number of sulfonamides is 1. The highest BCUT2D eigenvalue weighted by Crippen LogP contribution is 2.17. The van der Waals surface area contributed by atoms with E-state index >= 15 is 0 Å². The number of piperazine rings is 1. The van der Waals surface area contributed by atoms with Gasteiger partial charge in [0.2, 0.25) is 15.9 Å². The number of rotatable bonds is 7. The lowest BCUT2D eigenvalue weighted by Crippen LogP contribution is -2.62. The van der Waals surface area contributed by atoms with Gasteiger partial charge in [0.1, 0.15) is 12.1 Å². The Kier molecular flexibility index (Phi) is 7.71. The maximum atomic E-state index is 13.2. The topological polar surface area (TPSA) is 139 Å². The Morgan fingerprint density at radius 3 is 2.42 bits per heavy atom. The molecule has 1 fully saturated rings. The summed E-state index contributed by atoms with van der Waals surface area (Å²) in [5.41, 5.74) is 1.01. The van der Waals surface area contributed by atoms with E-state index in [1.54, 1.807) is 36.7 Å². The van der Waals surface area contributed by atoms with Crippen LogP contribution in [0.5, 0.6) is 0 Å². The second-order valence-electron chi connectivity index (χ2n) is 7.53. The molecule has 2 aromatic heterocycles. The molecule has 0 saturated carbocycles. The summed E-state index contributed by atoms with van der Waals surface area (Å²) < 4.78 is 30.5. The molecule has 2 amide bonds. The minimum Gasteiger partial charge on any atom is -0.467 e. The molecule has 12 heteroatoms. The molecular formula is C21H25N5O6S. The SMILES string of the molecule is COC(=O)C(Cc1cccnc1)NC(=O)C1CN(C(=O)c2cccnc2)CCN1S(C)(=O)=O.